The van der Waals surface area contributed by atoms with Crippen LogP contribution < -0.4 is 10.9 Å². The highest BCUT2D eigenvalue weighted by Crippen LogP contribution is 2.45. The molecule has 1 aliphatic heterocycles. The topological polar surface area (TPSA) is 66.9 Å². The Morgan fingerprint density at radius 1 is 1.30 bits per heavy atom. The van der Waals surface area contributed by atoms with Gasteiger partial charge >= 0.3 is 0 Å². The molecule has 5 nitrogen and oxygen atoms in total. The zero-order valence-electron chi connectivity index (χ0n) is 12.2. The predicted octanol–water partition coefficient (Wildman–Crippen LogP) is 2.79. The number of halogens is 2. The van der Waals surface area contributed by atoms with Crippen LogP contribution in [0.25, 0.3) is 0 Å². The number of hydrogen-bond acceptors (Lipinski definition) is 3. The molecule has 0 fully saturated rings. The molecular formula is C16H13BrFN3O2. The summed E-state index contributed by atoms with van der Waals surface area (Å²) in [6.07, 6.45) is 1.06. The van der Waals surface area contributed by atoms with E-state index in [1.165, 1.54) is 6.07 Å². The van der Waals surface area contributed by atoms with Gasteiger partial charge in [0.05, 0.1) is 10.0 Å². The Bertz CT molecular complexity index is 941. The van der Waals surface area contributed by atoms with Crippen molar-refractivity contribution in [2.24, 2.45) is 7.05 Å². The fourth-order valence-corrected chi connectivity index (χ4v) is 3.83. The van der Waals surface area contributed by atoms with Crippen LogP contribution in [-0.4, -0.2) is 15.6 Å². The number of aromatic nitrogens is 2. The van der Waals surface area contributed by atoms with E-state index < -0.39 is 5.92 Å². The maximum absolute atomic E-state index is 13.6. The third-order valence-corrected chi connectivity index (χ3v) is 5.06. The summed E-state index contributed by atoms with van der Waals surface area (Å²) in [5.41, 5.74) is 2.45. The van der Waals surface area contributed by atoms with Gasteiger partial charge in [-0.2, -0.15) is 0 Å². The summed E-state index contributed by atoms with van der Waals surface area (Å²) >= 11 is 3.18. The molecule has 4 rings (SSSR count). The minimum Gasteiger partial charge on any atom is -0.343 e. The van der Waals surface area contributed by atoms with Gasteiger partial charge in [0.1, 0.15) is 11.6 Å². The van der Waals surface area contributed by atoms with Crippen molar-refractivity contribution < 1.29 is 9.18 Å². The number of fused-ring (bicyclic) bond motifs is 1. The zero-order chi connectivity index (χ0) is 16.3. The average molecular weight is 378 g/mol. The van der Waals surface area contributed by atoms with Crippen LogP contribution in [0.3, 0.4) is 0 Å². The molecule has 2 N–H and O–H groups in total. The van der Waals surface area contributed by atoms with Crippen molar-refractivity contribution in [3.8, 4) is 0 Å². The van der Waals surface area contributed by atoms with Crippen LogP contribution in [0.15, 0.2) is 38.7 Å². The van der Waals surface area contributed by atoms with Gasteiger partial charge in [-0.15, -0.1) is 0 Å². The molecule has 0 bridgehead atoms. The van der Waals surface area contributed by atoms with Crippen LogP contribution in [-0.2, 0) is 11.8 Å². The Morgan fingerprint density at radius 3 is 2.83 bits per heavy atom. The lowest BCUT2D eigenvalue weighted by Gasteiger charge is -2.26. The Kier molecular flexibility index (Phi) is 3.09. The summed E-state index contributed by atoms with van der Waals surface area (Å²) in [6.45, 7) is 0. The van der Waals surface area contributed by atoms with Crippen molar-refractivity contribution in [1.82, 2.24) is 9.78 Å². The van der Waals surface area contributed by atoms with E-state index in [0.717, 1.165) is 11.3 Å². The highest BCUT2D eigenvalue weighted by molar-refractivity contribution is 9.10. The number of nitrogens with one attached hydrogen (secondary N) is 2. The second kappa shape index (κ2) is 4.92. The Hall–Kier alpha value is -2.15. The smallest absolute Gasteiger partial charge is 0.270 e. The number of nitrogens with zero attached hydrogens (tertiary/aromatic N) is 1. The van der Waals surface area contributed by atoms with Gasteiger partial charge in [0.25, 0.3) is 5.56 Å². The quantitative estimate of drug-likeness (QED) is 0.802. The minimum absolute atomic E-state index is 0.0341. The molecule has 23 heavy (non-hydrogen) atoms. The standard InChI is InChI=1S/C16H13BrFN3O2/c1-21-15-14(16(23)20-21)12(7-2-3-9(18)8(17)6-7)13-10(19-15)4-5-11(13)22/h2-3,6,12,19H,4-5H2,1H3,(H,20,23). The highest BCUT2D eigenvalue weighted by atomic mass is 79.9. The first kappa shape index (κ1) is 14.4. The third kappa shape index (κ3) is 2.03. The number of carbonyl (C=O) groups excluding carboxylic acids is 1. The number of H-pyrrole nitrogens is 1. The molecule has 0 saturated carbocycles. The molecule has 1 aromatic heterocycles. The lowest BCUT2D eigenvalue weighted by Crippen LogP contribution is -2.23. The van der Waals surface area contributed by atoms with Gasteiger partial charge in [-0.05, 0) is 40.0 Å². The summed E-state index contributed by atoms with van der Waals surface area (Å²) in [6, 6.07) is 4.61. The number of rotatable bonds is 1. The number of aryl methyl sites for hydroxylation is 1. The summed E-state index contributed by atoms with van der Waals surface area (Å²) in [4.78, 5) is 24.7. The third-order valence-electron chi connectivity index (χ3n) is 4.46. The predicted molar refractivity (Wildman–Crippen MR) is 86.9 cm³/mol. The number of allylic oxidation sites excluding steroid dienone is 2. The summed E-state index contributed by atoms with van der Waals surface area (Å²) < 4.78 is 15.5. The molecular weight excluding hydrogens is 365 g/mol. The van der Waals surface area contributed by atoms with Crippen molar-refractivity contribution in [2.75, 3.05) is 5.32 Å². The molecule has 7 heteroatoms. The molecule has 2 heterocycles. The second-order valence-corrected chi connectivity index (χ2v) is 6.66. The minimum atomic E-state index is -0.474. The van der Waals surface area contributed by atoms with Crippen molar-refractivity contribution in [3.05, 3.63) is 61.2 Å². The van der Waals surface area contributed by atoms with Gasteiger partial charge in [0.15, 0.2) is 5.78 Å². The zero-order valence-corrected chi connectivity index (χ0v) is 13.8. The van der Waals surface area contributed by atoms with Crippen LogP contribution in [0.5, 0.6) is 0 Å². The van der Waals surface area contributed by atoms with Crippen LogP contribution in [0, 0.1) is 5.82 Å². The van der Waals surface area contributed by atoms with Gasteiger partial charge in [-0.25, -0.2) is 4.39 Å². The van der Waals surface area contributed by atoms with Crippen molar-refractivity contribution in [1.29, 1.82) is 0 Å². The number of anilines is 1. The van der Waals surface area contributed by atoms with Crippen LogP contribution >= 0.6 is 15.9 Å². The van der Waals surface area contributed by atoms with Gasteiger partial charge < -0.3 is 5.32 Å². The number of Topliss-reactive ketones (excluding diaryl/α,β-unsaturated/α-hetero) is 1. The second-order valence-electron chi connectivity index (χ2n) is 5.81. The van der Waals surface area contributed by atoms with Gasteiger partial charge in [0.2, 0.25) is 0 Å². The molecule has 2 aromatic rings. The van der Waals surface area contributed by atoms with Gasteiger partial charge in [-0.1, -0.05) is 6.07 Å². The fraction of sp³-hybridized carbons (Fsp3) is 0.250. The van der Waals surface area contributed by atoms with Crippen molar-refractivity contribution >= 4 is 27.5 Å². The maximum Gasteiger partial charge on any atom is 0.270 e. The maximum atomic E-state index is 13.6. The molecule has 118 valence electrons. The number of benzene rings is 1. The fourth-order valence-electron chi connectivity index (χ4n) is 3.43. The number of ketones is 1. The Morgan fingerprint density at radius 2 is 2.09 bits per heavy atom. The number of aromatic amines is 1. The van der Waals surface area contributed by atoms with E-state index in [4.69, 9.17) is 0 Å². The molecule has 0 saturated heterocycles. The van der Waals surface area contributed by atoms with E-state index in [0.29, 0.717) is 34.3 Å². The SMILES string of the molecule is Cn1[nH]c(=O)c2c1NC1=C(C(=O)CC1)C2c1ccc(F)c(Br)c1. The van der Waals surface area contributed by atoms with E-state index in [9.17, 15) is 14.0 Å². The Labute approximate surface area is 139 Å². The molecule has 0 spiro atoms. The van der Waals surface area contributed by atoms with Crippen molar-refractivity contribution in [2.45, 2.75) is 18.8 Å². The summed E-state index contributed by atoms with van der Waals surface area (Å²) in [7, 11) is 1.74. The lowest BCUT2D eigenvalue weighted by molar-refractivity contribution is -0.115. The normalized spacial score (nSPS) is 19.6. The van der Waals surface area contributed by atoms with Gasteiger partial charge in [0, 0.05) is 30.7 Å². The first-order valence-corrected chi connectivity index (χ1v) is 8.03. The van der Waals surface area contributed by atoms with Gasteiger partial charge in [-0.3, -0.25) is 19.4 Å². The summed E-state index contributed by atoms with van der Waals surface area (Å²) in [5, 5.41) is 5.93. The molecule has 1 unspecified atom stereocenters. The van der Waals surface area contributed by atoms with E-state index in [1.807, 2.05) is 0 Å². The molecule has 1 aliphatic carbocycles. The number of hydrogen-bond donors (Lipinski definition) is 2. The van der Waals surface area contributed by atoms with Crippen LogP contribution in [0.2, 0.25) is 0 Å². The summed E-state index contributed by atoms with van der Waals surface area (Å²) in [5.74, 6) is -0.157. The largest absolute Gasteiger partial charge is 0.343 e. The van der Waals surface area contributed by atoms with Crippen LogP contribution in [0.4, 0.5) is 10.2 Å². The Balaban J connectivity index is 2.00. The molecule has 1 atom stereocenters. The molecule has 0 amide bonds. The van der Waals surface area contributed by atoms with E-state index >= 15 is 0 Å². The number of carbonyl (C=O) groups is 1. The monoisotopic (exact) mass is 377 g/mol. The first-order valence-electron chi connectivity index (χ1n) is 7.24. The average Bonchev–Trinajstić information content (AvgIpc) is 3.02. The molecule has 2 aliphatic rings. The molecule has 1 aromatic carbocycles. The first-order chi connectivity index (χ1) is 11.0. The molecule has 0 radical (unpaired) electrons. The lowest BCUT2D eigenvalue weighted by atomic mass is 9.82. The highest BCUT2D eigenvalue weighted by Gasteiger charge is 2.39. The van der Waals surface area contributed by atoms with E-state index in [-0.39, 0.29) is 17.2 Å². The van der Waals surface area contributed by atoms with Crippen molar-refractivity contribution in [3.63, 3.8) is 0 Å². The van der Waals surface area contributed by atoms with Crippen LogP contribution in [0.1, 0.15) is 29.9 Å². The van der Waals surface area contributed by atoms with E-state index in [2.05, 4.69) is 26.3 Å². The van der Waals surface area contributed by atoms with E-state index in [1.54, 1.807) is 23.9 Å².